The topological polar surface area (TPSA) is 58.9 Å². The van der Waals surface area contributed by atoms with Gasteiger partial charge in [0, 0.05) is 27.4 Å². The SMILES string of the molecule is COCC(C)CCO.COCCO. The Bertz CT molecular complexity index is 70.0. The van der Waals surface area contributed by atoms with E-state index in [9.17, 15) is 0 Å². The summed E-state index contributed by atoms with van der Waals surface area (Å²) in [4.78, 5) is 0. The van der Waals surface area contributed by atoms with Crippen LogP contribution in [0.3, 0.4) is 0 Å². The lowest BCUT2D eigenvalue weighted by atomic mass is 10.1. The van der Waals surface area contributed by atoms with Gasteiger partial charge in [0.1, 0.15) is 0 Å². The maximum absolute atomic E-state index is 8.41. The van der Waals surface area contributed by atoms with Crippen molar-refractivity contribution in [3.05, 3.63) is 0 Å². The summed E-state index contributed by atoms with van der Waals surface area (Å²) < 4.78 is 9.29. The first-order valence-corrected chi connectivity index (χ1v) is 4.42. The molecule has 0 radical (unpaired) electrons. The highest BCUT2D eigenvalue weighted by Gasteiger charge is 1.97. The highest BCUT2D eigenvalue weighted by Crippen LogP contribution is 1.98. The zero-order chi connectivity index (χ0) is 10.5. The zero-order valence-corrected chi connectivity index (χ0v) is 8.82. The molecule has 2 N–H and O–H groups in total. The van der Waals surface area contributed by atoms with E-state index >= 15 is 0 Å². The summed E-state index contributed by atoms with van der Waals surface area (Å²) in [5.74, 6) is 0.491. The van der Waals surface area contributed by atoms with Crippen molar-refractivity contribution >= 4 is 0 Å². The van der Waals surface area contributed by atoms with Crippen molar-refractivity contribution in [2.45, 2.75) is 13.3 Å². The van der Waals surface area contributed by atoms with Gasteiger partial charge in [-0.2, -0.15) is 0 Å². The molecule has 13 heavy (non-hydrogen) atoms. The van der Waals surface area contributed by atoms with Crippen molar-refractivity contribution in [3.63, 3.8) is 0 Å². The molecule has 4 heteroatoms. The largest absolute Gasteiger partial charge is 0.396 e. The number of aliphatic hydroxyl groups excluding tert-OH is 2. The van der Waals surface area contributed by atoms with Crippen molar-refractivity contribution in [1.82, 2.24) is 0 Å². The molecule has 82 valence electrons. The van der Waals surface area contributed by atoms with Crippen LogP contribution in [-0.4, -0.2) is 50.9 Å². The van der Waals surface area contributed by atoms with E-state index in [2.05, 4.69) is 11.7 Å². The first-order valence-electron chi connectivity index (χ1n) is 4.42. The number of hydrogen-bond donors (Lipinski definition) is 2. The lowest BCUT2D eigenvalue weighted by molar-refractivity contribution is 0.135. The molecular formula is C9H22O4. The average Bonchev–Trinajstić information content (AvgIpc) is 2.08. The van der Waals surface area contributed by atoms with Crippen LogP contribution in [0, 0.1) is 5.92 Å². The van der Waals surface area contributed by atoms with E-state index in [1.165, 1.54) is 0 Å². The Morgan fingerprint density at radius 3 is 1.92 bits per heavy atom. The minimum absolute atomic E-state index is 0.122. The van der Waals surface area contributed by atoms with Gasteiger partial charge in [0.05, 0.1) is 13.2 Å². The maximum Gasteiger partial charge on any atom is 0.0693 e. The van der Waals surface area contributed by atoms with Gasteiger partial charge in [0.2, 0.25) is 0 Å². The van der Waals surface area contributed by atoms with Crippen molar-refractivity contribution in [3.8, 4) is 0 Å². The fourth-order valence-electron chi connectivity index (χ4n) is 0.680. The molecule has 0 aromatic rings. The van der Waals surface area contributed by atoms with E-state index in [0.717, 1.165) is 13.0 Å². The quantitative estimate of drug-likeness (QED) is 0.637. The van der Waals surface area contributed by atoms with Crippen LogP contribution in [0.2, 0.25) is 0 Å². The summed E-state index contributed by atoms with van der Waals surface area (Å²) in [7, 11) is 3.23. The molecule has 0 aliphatic carbocycles. The van der Waals surface area contributed by atoms with Crippen LogP contribution in [0.4, 0.5) is 0 Å². The van der Waals surface area contributed by atoms with Gasteiger partial charge in [-0.05, 0) is 12.3 Å². The molecule has 0 heterocycles. The van der Waals surface area contributed by atoms with Crippen molar-refractivity contribution in [2.75, 3.05) is 40.6 Å². The van der Waals surface area contributed by atoms with Gasteiger partial charge in [-0.25, -0.2) is 0 Å². The molecule has 1 atom stereocenters. The third-order valence-electron chi connectivity index (χ3n) is 1.37. The number of hydrogen-bond acceptors (Lipinski definition) is 4. The van der Waals surface area contributed by atoms with Crippen LogP contribution in [0.5, 0.6) is 0 Å². The van der Waals surface area contributed by atoms with Crippen LogP contribution < -0.4 is 0 Å². The highest BCUT2D eigenvalue weighted by molar-refractivity contribution is 4.47. The van der Waals surface area contributed by atoms with Crippen LogP contribution >= 0.6 is 0 Å². The molecule has 0 saturated carbocycles. The molecular weight excluding hydrogens is 172 g/mol. The molecule has 0 aromatic carbocycles. The molecule has 0 fully saturated rings. The van der Waals surface area contributed by atoms with Crippen molar-refractivity contribution in [2.24, 2.45) is 5.92 Å². The fourth-order valence-corrected chi connectivity index (χ4v) is 0.680. The minimum atomic E-state index is 0.122. The molecule has 1 unspecified atom stereocenters. The number of aliphatic hydroxyl groups is 2. The molecule has 0 aromatic heterocycles. The van der Waals surface area contributed by atoms with Crippen LogP contribution in [0.15, 0.2) is 0 Å². The summed E-state index contributed by atoms with van der Waals surface area (Å²) in [6, 6.07) is 0. The van der Waals surface area contributed by atoms with E-state index < -0.39 is 0 Å². The van der Waals surface area contributed by atoms with Gasteiger partial charge in [-0.3, -0.25) is 0 Å². The predicted molar refractivity (Wildman–Crippen MR) is 51.7 cm³/mol. The standard InChI is InChI=1S/C6H14O2.C3H8O2/c1-6(3-4-7)5-8-2;1-5-3-2-4/h6-7H,3-5H2,1-2H3;4H,2-3H2,1H3. The molecule has 0 aliphatic heterocycles. The predicted octanol–water partition coefficient (Wildman–Crippen LogP) is 0.276. The van der Waals surface area contributed by atoms with Crippen LogP contribution in [-0.2, 0) is 9.47 Å². The molecule has 0 spiro atoms. The van der Waals surface area contributed by atoms with E-state index in [4.69, 9.17) is 14.9 Å². The Morgan fingerprint density at radius 1 is 1.08 bits per heavy atom. The van der Waals surface area contributed by atoms with E-state index in [1.807, 2.05) is 0 Å². The van der Waals surface area contributed by atoms with Gasteiger partial charge in [-0.1, -0.05) is 6.92 Å². The lowest BCUT2D eigenvalue weighted by Crippen LogP contribution is -2.04. The average molecular weight is 194 g/mol. The summed E-state index contributed by atoms with van der Waals surface area (Å²) >= 11 is 0. The van der Waals surface area contributed by atoms with Gasteiger partial charge in [0.25, 0.3) is 0 Å². The summed E-state index contributed by atoms with van der Waals surface area (Å²) in [5, 5.41) is 16.3. The van der Waals surface area contributed by atoms with Gasteiger partial charge >= 0.3 is 0 Å². The van der Waals surface area contributed by atoms with Crippen LogP contribution in [0.25, 0.3) is 0 Å². The molecule has 4 nitrogen and oxygen atoms in total. The fraction of sp³-hybridized carbons (Fsp3) is 1.00. The maximum atomic E-state index is 8.41. The minimum Gasteiger partial charge on any atom is -0.396 e. The first-order chi connectivity index (χ1) is 6.22. The van der Waals surface area contributed by atoms with Gasteiger partial charge < -0.3 is 19.7 Å². The van der Waals surface area contributed by atoms with E-state index in [1.54, 1.807) is 14.2 Å². The molecule has 0 saturated heterocycles. The normalized spacial score (nSPS) is 11.8. The van der Waals surface area contributed by atoms with Crippen molar-refractivity contribution in [1.29, 1.82) is 0 Å². The van der Waals surface area contributed by atoms with Crippen LogP contribution in [0.1, 0.15) is 13.3 Å². The Kier molecular flexibility index (Phi) is 16.9. The molecule has 0 amide bonds. The Hall–Kier alpha value is -0.160. The molecule has 0 rings (SSSR count). The third kappa shape index (κ3) is 18.7. The third-order valence-corrected chi connectivity index (χ3v) is 1.37. The number of ether oxygens (including phenoxy) is 2. The molecule has 0 bridgehead atoms. The summed E-state index contributed by atoms with van der Waals surface area (Å²) in [6.07, 6.45) is 0.841. The zero-order valence-electron chi connectivity index (χ0n) is 8.82. The Balaban J connectivity index is 0. The van der Waals surface area contributed by atoms with Gasteiger partial charge in [0.15, 0.2) is 0 Å². The van der Waals surface area contributed by atoms with Gasteiger partial charge in [-0.15, -0.1) is 0 Å². The van der Waals surface area contributed by atoms with Crippen molar-refractivity contribution < 1.29 is 19.7 Å². The molecule has 0 aliphatic rings. The second kappa shape index (κ2) is 14.4. The lowest BCUT2D eigenvalue weighted by Gasteiger charge is -2.05. The van der Waals surface area contributed by atoms with E-state index in [0.29, 0.717) is 12.5 Å². The summed E-state index contributed by atoms with van der Waals surface area (Å²) in [5.41, 5.74) is 0. The second-order valence-corrected chi connectivity index (χ2v) is 2.79. The Morgan fingerprint density at radius 2 is 1.69 bits per heavy atom. The highest BCUT2D eigenvalue weighted by atomic mass is 16.5. The monoisotopic (exact) mass is 194 g/mol. The first kappa shape index (κ1) is 15.3. The summed E-state index contributed by atoms with van der Waals surface area (Å²) in [6.45, 7) is 3.64. The number of methoxy groups -OCH3 is 2. The Labute approximate surface area is 80.5 Å². The second-order valence-electron chi connectivity index (χ2n) is 2.79. The van der Waals surface area contributed by atoms with E-state index in [-0.39, 0.29) is 13.2 Å². The number of rotatable bonds is 6. The smallest absolute Gasteiger partial charge is 0.0693 e.